The van der Waals surface area contributed by atoms with E-state index in [4.69, 9.17) is 4.74 Å². The van der Waals surface area contributed by atoms with Gasteiger partial charge in [0.2, 0.25) is 11.8 Å². The third-order valence-corrected chi connectivity index (χ3v) is 2.73. The highest BCUT2D eigenvalue weighted by atomic mass is 19.1. The van der Waals surface area contributed by atoms with Crippen molar-refractivity contribution in [2.75, 3.05) is 12.4 Å². The Kier molecular flexibility index (Phi) is 3.12. The Balaban J connectivity index is 1.96. The van der Waals surface area contributed by atoms with Crippen molar-refractivity contribution in [2.24, 2.45) is 0 Å². The van der Waals surface area contributed by atoms with Crippen LogP contribution >= 0.6 is 0 Å². The molecule has 0 bridgehead atoms. The van der Waals surface area contributed by atoms with E-state index in [-0.39, 0.29) is 5.88 Å². The summed E-state index contributed by atoms with van der Waals surface area (Å²) >= 11 is 0. The monoisotopic (exact) mass is 270 g/mol. The van der Waals surface area contributed by atoms with Gasteiger partial charge in [0, 0.05) is 24.7 Å². The molecule has 0 spiro atoms. The second-order valence-corrected chi connectivity index (χ2v) is 4.06. The van der Waals surface area contributed by atoms with E-state index in [0.29, 0.717) is 11.7 Å². The first kappa shape index (κ1) is 12.3. The van der Waals surface area contributed by atoms with Crippen LogP contribution in [0.1, 0.15) is 0 Å². The lowest BCUT2D eigenvalue weighted by molar-refractivity contribution is 0.421. The summed E-state index contributed by atoms with van der Waals surface area (Å²) in [5.41, 5.74) is 0.772. The molecular formula is C14H11FN4O. The Bertz CT molecular complexity index is 763. The zero-order chi connectivity index (χ0) is 13.9. The molecule has 0 atom stereocenters. The predicted molar refractivity (Wildman–Crippen MR) is 73.4 cm³/mol. The van der Waals surface area contributed by atoms with Crippen molar-refractivity contribution in [3.63, 3.8) is 0 Å². The fourth-order valence-corrected chi connectivity index (χ4v) is 1.76. The number of ether oxygens (including phenoxy) is 1. The lowest BCUT2D eigenvalue weighted by Gasteiger charge is -2.07. The number of halogens is 1. The average molecular weight is 270 g/mol. The van der Waals surface area contributed by atoms with Crippen LogP contribution in [-0.4, -0.2) is 22.0 Å². The first-order valence-electron chi connectivity index (χ1n) is 5.99. The van der Waals surface area contributed by atoms with Gasteiger partial charge < -0.3 is 10.1 Å². The Hall–Kier alpha value is -2.76. The van der Waals surface area contributed by atoms with Crippen molar-refractivity contribution in [2.45, 2.75) is 0 Å². The first-order valence-corrected chi connectivity index (χ1v) is 5.99. The number of benzene rings is 1. The van der Waals surface area contributed by atoms with Crippen molar-refractivity contribution in [1.29, 1.82) is 0 Å². The van der Waals surface area contributed by atoms with E-state index in [1.807, 2.05) is 18.2 Å². The van der Waals surface area contributed by atoms with Gasteiger partial charge in [-0.25, -0.2) is 4.98 Å². The Labute approximate surface area is 114 Å². The maximum atomic E-state index is 13.6. The number of nitrogens with one attached hydrogen (secondary N) is 1. The summed E-state index contributed by atoms with van der Waals surface area (Å²) in [7, 11) is 1.65. The van der Waals surface area contributed by atoms with E-state index in [1.54, 1.807) is 25.4 Å². The van der Waals surface area contributed by atoms with E-state index < -0.39 is 5.82 Å². The molecule has 0 unspecified atom stereocenters. The fraction of sp³-hybridized carbons (Fsp3) is 0.0714. The minimum absolute atomic E-state index is 0.125. The van der Waals surface area contributed by atoms with Gasteiger partial charge in [-0.2, -0.15) is 9.37 Å². The zero-order valence-corrected chi connectivity index (χ0v) is 10.7. The van der Waals surface area contributed by atoms with Gasteiger partial charge in [0.15, 0.2) is 0 Å². The standard InChI is InChI=1S/C14H11FN4O/c1-16-14-18-8-11(15)13(19-14)20-10-5-4-9-3-2-6-17-12(9)7-10/h2-8H,1H3,(H,16,18,19). The van der Waals surface area contributed by atoms with Crippen LogP contribution in [0.15, 0.2) is 42.7 Å². The molecule has 100 valence electrons. The van der Waals surface area contributed by atoms with Gasteiger partial charge in [0.25, 0.3) is 5.88 Å². The van der Waals surface area contributed by atoms with Crippen molar-refractivity contribution in [3.8, 4) is 11.6 Å². The van der Waals surface area contributed by atoms with Crippen molar-refractivity contribution in [3.05, 3.63) is 48.5 Å². The molecule has 1 aromatic carbocycles. The molecule has 2 aromatic heterocycles. The predicted octanol–water partition coefficient (Wildman–Crippen LogP) is 3.00. The SMILES string of the molecule is CNc1ncc(F)c(Oc2ccc3cccnc3c2)n1. The molecule has 0 aliphatic carbocycles. The number of hydrogen-bond acceptors (Lipinski definition) is 5. The summed E-state index contributed by atoms with van der Waals surface area (Å²) in [6.07, 6.45) is 2.75. The van der Waals surface area contributed by atoms with Crippen molar-refractivity contribution in [1.82, 2.24) is 15.0 Å². The van der Waals surface area contributed by atoms with E-state index >= 15 is 0 Å². The number of anilines is 1. The minimum Gasteiger partial charge on any atom is -0.436 e. The number of fused-ring (bicyclic) bond motifs is 1. The van der Waals surface area contributed by atoms with Crippen LogP contribution in [0.5, 0.6) is 11.6 Å². The third-order valence-electron chi connectivity index (χ3n) is 2.73. The van der Waals surface area contributed by atoms with E-state index in [0.717, 1.165) is 17.1 Å². The molecule has 0 saturated heterocycles. The van der Waals surface area contributed by atoms with Gasteiger partial charge in [-0.3, -0.25) is 4.98 Å². The molecule has 0 amide bonds. The highest BCUT2D eigenvalue weighted by molar-refractivity contribution is 5.79. The van der Waals surface area contributed by atoms with Gasteiger partial charge in [0.05, 0.1) is 11.7 Å². The van der Waals surface area contributed by atoms with Gasteiger partial charge in [-0.05, 0) is 18.2 Å². The fourth-order valence-electron chi connectivity index (χ4n) is 1.76. The summed E-state index contributed by atoms with van der Waals surface area (Å²) in [5, 5.41) is 3.71. The smallest absolute Gasteiger partial charge is 0.260 e. The first-order chi connectivity index (χ1) is 9.76. The van der Waals surface area contributed by atoms with Gasteiger partial charge >= 0.3 is 0 Å². The topological polar surface area (TPSA) is 59.9 Å². The van der Waals surface area contributed by atoms with Crippen LogP contribution < -0.4 is 10.1 Å². The summed E-state index contributed by atoms with van der Waals surface area (Å²) in [5.74, 6) is 0.0147. The second kappa shape index (κ2) is 5.08. The normalized spacial score (nSPS) is 10.5. The Morgan fingerprint density at radius 2 is 2.10 bits per heavy atom. The maximum absolute atomic E-state index is 13.6. The summed E-state index contributed by atoms with van der Waals surface area (Å²) in [4.78, 5) is 11.9. The van der Waals surface area contributed by atoms with Crippen molar-refractivity contribution < 1.29 is 9.13 Å². The molecule has 3 rings (SSSR count). The minimum atomic E-state index is -0.620. The lowest BCUT2D eigenvalue weighted by atomic mass is 10.2. The zero-order valence-electron chi connectivity index (χ0n) is 10.7. The average Bonchev–Trinajstić information content (AvgIpc) is 2.49. The number of pyridine rings is 1. The highest BCUT2D eigenvalue weighted by Crippen LogP contribution is 2.25. The van der Waals surface area contributed by atoms with Crippen molar-refractivity contribution >= 4 is 16.9 Å². The maximum Gasteiger partial charge on any atom is 0.260 e. The van der Waals surface area contributed by atoms with Gasteiger partial charge in [0.1, 0.15) is 5.75 Å². The van der Waals surface area contributed by atoms with Gasteiger partial charge in [-0.1, -0.05) is 6.07 Å². The van der Waals surface area contributed by atoms with Gasteiger partial charge in [-0.15, -0.1) is 0 Å². The third kappa shape index (κ3) is 2.35. The van der Waals surface area contributed by atoms with Crippen LogP contribution in [-0.2, 0) is 0 Å². The van der Waals surface area contributed by atoms with Crippen LogP contribution in [0.3, 0.4) is 0 Å². The molecule has 0 aliphatic heterocycles. The van der Waals surface area contributed by atoms with E-state index in [9.17, 15) is 4.39 Å². The number of aromatic nitrogens is 3. The number of hydrogen-bond donors (Lipinski definition) is 1. The van der Waals surface area contributed by atoms with Crippen LogP contribution in [0, 0.1) is 5.82 Å². The van der Waals surface area contributed by atoms with E-state index in [2.05, 4.69) is 20.3 Å². The molecule has 6 heteroatoms. The second-order valence-electron chi connectivity index (χ2n) is 4.06. The number of rotatable bonds is 3. The molecule has 20 heavy (non-hydrogen) atoms. The van der Waals surface area contributed by atoms with Crippen LogP contribution in [0.25, 0.3) is 10.9 Å². The lowest BCUT2D eigenvalue weighted by Crippen LogP contribution is -2.00. The Morgan fingerprint density at radius 1 is 1.20 bits per heavy atom. The quantitative estimate of drug-likeness (QED) is 0.792. The molecule has 0 saturated carbocycles. The van der Waals surface area contributed by atoms with Crippen LogP contribution in [0.2, 0.25) is 0 Å². The molecule has 0 fully saturated rings. The molecule has 5 nitrogen and oxygen atoms in total. The molecule has 1 N–H and O–H groups in total. The highest BCUT2D eigenvalue weighted by Gasteiger charge is 2.09. The Morgan fingerprint density at radius 3 is 2.95 bits per heavy atom. The largest absolute Gasteiger partial charge is 0.436 e. The molecule has 2 heterocycles. The number of nitrogens with zero attached hydrogens (tertiary/aromatic N) is 3. The van der Waals surface area contributed by atoms with Crippen LogP contribution in [0.4, 0.5) is 10.3 Å². The van der Waals surface area contributed by atoms with E-state index in [1.165, 1.54) is 0 Å². The summed E-state index contributed by atoms with van der Waals surface area (Å²) < 4.78 is 19.1. The summed E-state index contributed by atoms with van der Waals surface area (Å²) in [6, 6.07) is 9.12. The molecule has 0 aliphatic rings. The molecule has 0 radical (unpaired) electrons. The molecular weight excluding hydrogens is 259 g/mol. The molecule has 3 aromatic rings. The summed E-state index contributed by atoms with van der Waals surface area (Å²) in [6.45, 7) is 0.